The molecule has 41 heavy (non-hydrogen) atoms. The molecule has 15 heteroatoms. The SMILES string of the molecule is CCOP(=O)(CN1CCN(c2cc(Nc3ncc(C(=O)Nc4c(C)cccc4Cl)s3)nc(C)n2)CC1)OCC.CN. The number of para-hydroxylation sites is 1. The summed E-state index contributed by atoms with van der Waals surface area (Å²) in [6.07, 6.45) is 1.79. The fourth-order valence-corrected chi connectivity index (χ4v) is 6.95. The Labute approximate surface area is 250 Å². The fourth-order valence-electron chi connectivity index (χ4n) is 4.17. The lowest BCUT2D eigenvalue weighted by atomic mass is 10.2. The van der Waals surface area contributed by atoms with Crippen LogP contribution in [0.4, 0.5) is 22.5 Å². The third-order valence-corrected chi connectivity index (χ3v) is 9.25. The minimum atomic E-state index is -3.13. The summed E-state index contributed by atoms with van der Waals surface area (Å²) < 4.78 is 23.8. The van der Waals surface area contributed by atoms with Crippen molar-refractivity contribution in [3.63, 3.8) is 0 Å². The largest absolute Gasteiger partial charge is 0.354 e. The average molecular weight is 625 g/mol. The smallest absolute Gasteiger partial charge is 0.344 e. The van der Waals surface area contributed by atoms with Crippen molar-refractivity contribution in [3.8, 4) is 0 Å². The molecule has 1 aromatic carbocycles. The predicted molar refractivity (Wildman–Crippen MR) is 166 cm³/mol. The second kappa shape index (κ2) is 15.5. The van der Waals surface area contributed by atoms with E-state index < -0.39 is 7.60 Å². The Morgan fingerprint density at radius 1 is 1.12 bits per heavy atom. The summed E-state index contributed by atoms with van der Waals surface area (Å²) in [7, 11) is -1.63. The lowest BCUT2D eigenvalue weighted by Gasteiger charge is -2.36. The van der Waals surface area contributed by atoms with E-state index in [9.17, 15) is 9.36 Å². The van der Waals surface area contributed by atoms with Crippen LogP contribution < -0.4 is 21.3 Å². The minimum absolute atomic E-state index is 0.272. The number of nitrogens with one attached hydrogen (secondary N) is 2. The third kappa shape index (κ3) is 9.17. The number of carbonyl (C=O) groups is 1. The monoisotopic (exact) mass is 624 g/mol. The molecule has 2 aromatic heterocycles. The highest BCUT2D eigenvalue weighted by Gasteiger charge is 2.29. The van der Waals surface area contributed by atoms with Crippen LogP contribution in [0.5, 0.6) is 0 Å². The summed E-state index contributed by atoms with van der Waals surface area (Å²) in [5.74, 6) is 1.69. The number of aromatic nitrogens is 3. The molecule has 12 nitrogen and oxygen atoms in total. The van der Waals surface area contributed by atoms with Gasteiger partial charge >= 0.3 is 7.60 Å². The molecule has 1 aliphatic heterocycles. The number of hydrogen-bond acceptors (Lipinski definition) is 12. The van der Waals surface area contributed by atoms with E-state index in [4.69, 9.17) is 20.6 Å². The molecule has 0 spiro atoms. The maximum Gasteiger partial charge on any atom is 0.344 e. The van der Waals surface area contributed by atoms with Crippen LogP contribution >= 0.6 is 30.5 Å². The number of rotatable bonds is 11. The number of amides is 1. The number of benzene rings is 1. The van der Waals surface area contributed by atoms with E-state index in [1.807, 2.05) is 45.9 Å². The first-order chi connectivity index (χ1) is 19.7. The molecule has 1 fully saturated rings. The summed E-state index contributed by atoms with van der Waals surface area (Å²) in [5, 5.41) is 7.08. The fraction of sp³-hybridized carbons (Fsp3) is 0.462. The molecule has 1 aliphatic rings. The third-order valence-electron chi connectivity index (χ3n) is 5.97. The lowest BCUT2D eigenvalue weighted by Crippen LogP contribution is -2.47. The van der Waals surface area contributed by atoms with Crippen LogP contribution in [0.3, 0.4) is 0 Å². The summed E-state index contributed by atoms with van der Waals surface area (Å²) in [5.41, 5.74) is 5.96. The lowest BCUT2D eigenvalue weighted by molar-refractivity contribution is 0.103. The predicted octanol–water partition coefficient (Wildman–Crippen LogP) is 5.12. The van der Waals surface area contributed by atoms with Gasteiger partial charge in [-0.1, -0.05) is 35.1 Å². The van der Waals surface area contributed by atoms with Gasteiger partial charge in [-0.15, -0.1) is 0 Å². The molecule has 0 unspecified atom stereocenters. The number of halogens is 1. The molecule has 0 radical (unpaired) electrons. The second-order valence-electron chi connectivity index (χ2n) is 8.89. The van der Waals surface area contributed by atoms with Crippen LogP contribution in [0.15, 0.2) is 30.5 Å². The topological polar surface area (TPSA) is 148 Å². The molecule has 3 aromatic rings. The Hall–Kier alpha value is -2.64. The van der Waals surface area contributed by atoms with Gasteiger partial charge in [0.2, 0.25) is 0 Å². The average Bonchev–Trinajstić information content (AvgIpc) is 3.41. The van der Waals surface area contributed by atoms with Gasteiger partial charge in [0.25, 0.3) is 5.91 Å². The molecular weight excluding hydrogens is 587 g/mol. The van der Waals surface area contributed by atoms with Crippen molar-refractivity contribution in [1.29, 1.82) is 0 Å². The van der Waals surface area contributed by atoms with E-state index in [0.29, 0.717) is 71.8 Å². The number of nitrogens with zero attached hydrogens (tertiary/aromatic N) is 5. The number of hydrogen-bond donors (Lipinski definition) is 3. The van der Waals surface area contributed by atoms with E-state index in [2.05, 4.69) is 41.1 Å². The van der Waals surface area contributed by atoms with Gasteiger partial charge in [0.1, 0.15) is 28.6 Å². The van der Waals surface area contributed by atoms with Crippen LogP contribution in [0, 0.1) is 13.8 Å². The zero-order chi connectivity index (χ0) is 30.0. The highest BCUT2D eigenvalue weighted by atomic mass is 35.5. The molecule has 4 rings (SSSR count). The summed E-state index contributed by atoms with van der Waals surface area (Å²) >= 11 is 7.46. The van der Waals surface area contributed by atoms with Gasteiger partial charge in [-0.2, -0.15) is 0 Å². The number of piperazine rings is 1. The van der Waals surface area contributed by atoms with E-state index in [0.717, 1.165) is 11.4 Å². The Morgan fingerprint density at radius 3 is 2.44 bits per heavy atom. The Morgan fingerprint density at radius 2 is 1.80 bits per heavy atom. The summed E-state index contributed by atoms with van der Waals surface area (Å²) in [4.78, 5) is 30.9. The van der Waals surface area contributed by atoms with Crippen molar-refractivity contribution in [2.45, 2.75) is 27.7 Å². The first-order valence-corrected chi connectivity index (χ1v) is 16.2. The van der Waals surface area contributed by atoms with Crippen molar-refractivity contribution in [1.82, 2.24) is 19.9 Å². The highest BCUT2D eigenvalue weighted by Crippen LogP contribution is 2.48. The molecule has 0 aliphatic carbocycles. The number of anilines is 4. The van der Waals surface area contributed by atoms with E-state index in [1.165, 1.54) is 24.6 Å². The molecule has 224 valence electrons. The van der Waals surface area contributed by atoms with E-state index >= 15 is 0 Å². The Balaban J connectivity index is 0.00000226. The molecule has 1 amide bonds. The van der Waals surface area contributed by atoms with Crippen molar-refractivity contribution in [2.75, 3.05) is 68.3 Å². The first kappa shape index (κ1) is 32.9. The van der Waals surface area contributed by atoms with Gasteiger partial charge in [-0.3, -0.25) is 14.3 Å². The number of thiazole rings is 1. The maximum absolute atomic E-state index is 12.9. The first-order valence-electron chi connectivity index (χ1n) is 13.3. The maximum atomic E-state index is 12.9. The molecule has 0 bridgehead atoms. The zero-order valence-corrected chi connectivity index (χ0v) is 26.5. The van der Waals surface area contributed by atoms with Crippen molar-refractivity contribution in [3.05, 3.63) is 51.7 Å². The van der Waals surface area contributed by atoms with Gasteiger partial charge < -0.3 is 30.3 Å². The van der Waals surface area contributed by atoms with Crippen LogP contribution in [0.1, 0.15) is 34.9 Å². The Kier molecular flexibility index (Phi) is 12.5. The molecule has 3 heterocycles. The van der Waals surface area contributed by atoms with Gasteiger partial charge in [0.15, 0.2) is 5.13 Å². The molecular formula is C26H38ClN8O4PS. The zero-order valence-electron chi connectivity index (χ0n) is 24.0. The van der Waals surface area contributed by atoms with Gasteiger partial charge in [0.05, 0.1) is 30.1 Å². The number of aryl methyl sites for hydroxylation is 2. The summed E-state index contributed by atoms with van der Waals surface area (Å²) in [6, 6.07) is 7.32. The summed E-state index contributed by atoms with van der Waals surface area (Å²) in [6.45, 7) is 10.9. The van der Waals surface area contributed by atoms with Crippen LogP contribution in [0.25, 0.3) is 0 Å². The van der Waals surface area contributed by atoms with E-state index in [-0.39, 0.29) is 12.2 Å². The van der Waals surface area contributed by atoms with Crippen LogP contribution in [-0.2, 0) is 13.6 Å². The molecule has 4 N–H and O–H groups in total. The van der Waals surface area contributed by atoms with Gasteiger partial charge in [0, 0.05) is 32.2 Å². The molecule has 0 atom stereocenters. The normalized spacial score (nSPS) is 13.9. The van der Waals surface area contributed by atoms with Crippen molar-refractivity contribution in [2.24, 2.45) is 5.73 Å². The highest BCUT2D eigenvalue weighted by molar-refractivity contribution is 7.53. The number of carbonyl (C=O) groups excluding carboxylic acids is 1. The van der Waals surface area contributed by atoms with Crippen LogP contribution in [0.2, 0.25) is 5.02 Å². The van der Waals surface area contributed by atoms with Crippen molar-refractivity contribution >= 4 is 58.9 Å². The number of nitrogens with two attached hydrogens (primary N) is 1. The molecule has 1 saturated heterocycles. The van der Waals surface area contributed by atoms with E-state index in [1.54, 1.807) is 6.07 Å². The van der Waals surface area contributed by atoms with Gasteiger partial charge in [-0.25, -0.2) is 15.0 Å². The van der Waals surface area contributed by atoms with Crippen molar-refractivity contribution < 1.29 is 18.4 Å². The second-order valence-corrected chi connectivity index (χ2v) is 12.4. The van der Waals surface area contributed by atoms with Crippen LogP contribution in [-0.4, -0.2) is 78.5 Å². The standard InChI is InChI=1S/C25H33ClN7O4PS.CH5N/c1-5-36-38(35,37-6-2)16-32-10-12-33(13-11-32)22-14-21(28-18(4)29-22)30-25-27-15-20(39-25)24(34)31-23-17(3)8-7-9-19(23)26;1-2/h7-9,14-15H,5-6,10-13,16H2,1-4H3,(H,31,34)(H,27,28,29,30);2H2,1H3. The minimum Gasteiger partial charge on any atom is -0.354 e. The molecule has 0 saturated carbocycles. The quantitative estimate of drug-likeness (QED) is 0.244. The van der Waals surface area contributed by atoms with Gasteiger partial charge in [-0.05, 0) is 46.4 Å². The Bertz CT molecular complexity index is 1320.